The zero-order valence-corrected chi connectivity index (χ0v) is 18.8. The third-order valence-corrected chi connectivity index (χ3v) is 5.41. The molecule has 0 radical (unpaired) electrons. The molecule has 31 heavy (non-hydrogen) atoms. The number of rotatable bonds is 6. The van der Waals surface area contributed by atoms with Crippen LogP contribution in [-0.2, 0) is 16.1 Å². The van der Waals surface area contributed by atoms with Gasteiger partial charge in [-0.3, -0.25) is 0 Å². The normalized spacial score (nSPS) is 14.4. The van der Waals surface area contributed by atoms with Gasteiger partial charge < -0.3 is 14.2 Å². The van der Waals surface area contributed by atoms with Gasteiger partial charge in [0.15, 0.2) is 11.5 Å². The van der Waals surface area contributed by atoms with Crippen molar-refractivity contribution in [3.05, 3.63) is 105 Å². The Hall–Kier alpha value is -3.31. The Balaban J connectivity index is 1.52. The van der Waals surface area contributed by atoms with Gasteiger partial charge in [-0.1, -0.05) is 64.0 Å². The van der Waals surface area contributed by atoms with Crippen LogP contribution in [0.1, 0.15) is 22.3 Å². The standard InChI is InChI=1S/C26H21BrO4/c1-17-3-8-20(9-4-17)24-15-21(26(28)31-24)13-19-7-12-23(25(14-19)29-2)30-16-18-5-10-22(27)11-6-18/h3-15H,16H2,1-2H3. The van der Waals surface area contributed by atoms with Gasteiger partial charge in [0.05, 0.1) is 12.7 Å². The largest absolute Gasteiger partial charge is 0.493 e. The number of methoxy groups -OCH3 is 1. The summed E-state index contributed by atoms with van der Waals surface area (Å²) >= 11 is 3.43. The average molecular weight is 477 g/mol. The molecule has 0 amide bonds. The minimum absolute atomic E-state index is 0.370. The molecule has 0 saturated carbocycles. The Kier molecular flexibility index (Phi) is 6.23. The van der Waals surface area contributed by atoms with Crippen LogP contribution in [0.15, 0.2) is 82.9 Å². The van der Waals surface area contributed by atoms with Crippen molar-refractivity contribution in [2.24, 2.45) is 0 Å². The molecule has 0 aromatic heterocycles. The topological polar surface area (TPSA) is 44.8 Å². The highest BCUT2D eigenvalue weighted by atomic mass is 79.9. The van der Waals surface area contributed by atoms with E-state index in [1.54, 1.807) is 19.3 Å². The lowest BCUT2D eigenvalue weighted by molar-refractivity contribution is -0.130. The van der Waals surface area contributed by atoms with Crippen molar-refractivity contribution in [1.82, 2.24) is 0 Å². The first-order chi connectivity index (χ1) is 15.0. The maximum Gasteiger partial charge on any atom is 0.343 e. The van der Waals surface area contributed by atoms with Crippen LogP contribution in [0, 0.1) is 6.92 Å². The first-order valence-electron chi connectivity index (χ1n) is 9.80. The summed E-state index contributed by atoms with van der Waals surface area (Å²) in [6, 6.07) is 21.4. The number of hydrogen-bond acceptors (Lipinski definition) is 4. The molecular formula is C26H21BrO4. The first kappa shape index (κ1) is 20.9. The summed E-state index contributed by atoms with van der Waals surface area (Å²) in [5.74, 6) is 1.42. The van der Waals surface area contributed by atoms with E-state index in [4.69, 9.17) is 14.2 Å². The fraction of sp³-hybridized carbons (Fsp3) is 0.115. The highest BCUT2D eigenvalue weighted by Gasteiger charge is 2.22. The molecule has 0 fully saturated rings. The maximum absolute atomic E-state index is 12.3. The number of carbonyl (C=O) groups is 1. The summed E-state index contributed by atoms with van der Waals surface area (Å²) in [6.45, 7) is 2.45. The number of benzene rings is 3. The van der Waals surface area contributed by atoms with E-state index in [2.05, 4.69) is 15.9 Å². The molecule has 156 valence electrons. The molecule has 0 aliphatic carbocycles. The van der Waals surface area contributed by atoms with E-state index < -0.39 is 0 Å². The molecule has 1 aliphatic heterocycles. The van der Waals surface area contributed by atoms with Gasteiger partial charge in [-0.15, -0.1) is 0 Å². The van der Waals surface area contributed by atoms with E-state index in [1.807, 2.05) is 73.7 Å². The second kappa shape index (κ2) is 9.23. The van der Waals surface area contributed by atoms with Crippen molar-refractivity contribution >= 4 is 33.7 Å². The third-order valence-electron chi connectivity index (χ3n) is 4.88. The van der Waals surface area contributed by atoms with E-state index in [-0.39, 0.29) is 5.97 Å². The van der Waals surface area contributed by atoms with Crippen LogP contribution < -0.4 is 9.47 Å². The number of hydrogen-bond donors (Lipinski definition) is 0. The molecule has 0 spiro atoms. The van der Waals surface area contributed by atoms with Crippen LogP contribution in [0.4, 0.5) is 0 Å². The predicted molar refractivity (Wildman–Crippen MR) is 125 cm³/mol. The quantitative estimate of drug-likeness (QED) is 0.308. The monoisotopic (exact) mass is 476 g/mol. The Morgan fingerprint density at radius 3 is 2.42 bits per heavy atom. The van der Waals surface area contributed by atoms with Crippen molar-refractivity contribution in [1.29, 1.82) is 0 Å². The van der Waals surface area contributed by atoms with E-state index in [0.29, 0.717) is 29.4 Å². The van der Waals surface area contributed by atoms with E-state index in [0.717, 1.165) is 26.7 Å². The van der Waals surface area contributed by atoms with Crippen LogP contribution in [0.25, 0.3) is 11.8 Å². The van der Waals surface area contributed by atoms with Crippen molar-refractivity contribution in [3.63, 3.8) is 0 Å². The highest BCUT2D eigenvalue weighted by Crippen LogP contribution is 2.32. The van der Waals surface area contributed by atoms with Gasteiger partial charge in [-0.05, 0) is 54.5 Å². The van der Waals surface area contributed by atoms with Gasteiger partial charge in [-0.2, -0.15) is 0 Å². The summed E-state index contributed by atoms with van der Waals surface area (Å²) in [5, 5.41) is 0. The summed E-state index contributed by atoms with van der Waals surface area (Å²) in [6.07, 6.45) is 3.54. The van der Waals surface area contributed by atoms with Gasteiger partial charge in [-0.25, -0.2) is 4.79 Å². The lowest BCUT2D eigenvalue weighted by Crippen LogP contribution is -1.99. The van der Waals surface area contributed by atoms with E-state index in [1.165, 1.54) is 0 Å². The molecule has 4 rings (SSSR count). The van der Waals surface area contributed by atoms with Crippen LogP contribution in [-0.4, -0.2) is 13.1 Å². The lowest BCUT2D eigenvalue weighted by atomic mass is 10.1. The maximum atomic E-state index is 12.3. The Morgan fingerprint density at radius 1 is 0.968 bits per heavy atom. The molecule has 0 saturated heterocycles. The Labute approximate surface area is 189 Å². The Morgan fingerprint density at radius 2 is 1.71 bits per heavy atom. The summed E-state index contributed by atoms with van der Waals surface area (Å²) in [5.41, 5.74) is 4.39. The smallest absolute Gasteiger partial charge is 0.343 e. The van der Waals surface area contributed by atoms with Crippen LogP contribution >= 0.6 is 15.9 Å². The molecule has 0 N–H and O–H groups in total. The number of esters is 1. The number of halogens is 1. The van der Waals surface area contributed by atoms with Crippen molar-refractivity contribution in [2.45, 2.75) is 13.5 Å². The molecule has 3 aromatic carbocycles. The lowest BCUT2D eigenvalue weighted by Gasteiger charge is -2.11. The van der Waals surface area contributed by atoms with Gasteiger partial charge in [0.1, 0.15) is 12.4 Å². The molecule has 5 heteroatoms. The molecule has 0 atom stereocenters. The van der Waals surface area contributed by atoms with Gasteiger partial charge in [0.25, 0.3) is 0 Å². The SMILES string of the molecule is COc1cc(C=C2C=C(c3ccc(C)cc3)OC2=O)ccc1OCc1ccc(Br)cc1. The third kappa shape index (κ3) is 5.06. The van der Waals surface area contributed by atoms with E-state index in [9.17, 15) is 4.79 Å². The minimum Gasteiger partial charge on any atom is -0.493 e. The number of cyclic esters (lactones) is 1. The average Bonchev–Trinajstić information content (AvgIpc) is 3.14. The van der Waals surface area contributed by atoms with Gasteiger partial charge in [0.2, 0.25) is 0 Å². The summed E-state index contributed by atoms with van der Waals surface area (Å²) in [7, 11) is 1.60. The predicted octanol–water partition coefficient (Wildman–Crippen LogP) is 6.33. The minimum atomic E-state index is -0.370. The highest BCUT2D eigenvalue weighted by molar-refractivity contribution is 9.10. The van der Waals surface area contributed by atoms with Crippen molar-refractivity contribution in [3.8, 4) is 11.5 Å². The van der Waals surface area contributed by atoms with Crippen LogP contribution in [0.2, 0.25) is 0 Å². The molecule has 3 aromatic rings. The van der Waals surface area contributed by atoms with E-state index >= 15 is 0 Å². The number of aryl methyl sites for hydroxylation is 1. The molecule has 1 aliphatic rings. The second-order valence-corrected chi connectivity index (χ2v) is 8.10. The molecule has 4 nitrogen and oxygen atoms in total. The fourth-order valence-electron chi connectivity index (χ4n) is 3.16. The molecule has 0 bridgehead atoms. The first-order valence-corrected chi connectivity index (χ1v) is 10.6. The second-order valence-electron chi connectivity index (χ2n) is 7.19. The van der Waals surface area contributed by atoms with Crippen molar-refractivity contribution in [2.75, 3.05) is 7.11 Å². The van der Waals surface area contributed by atoms with Gasteiger partial charge >= 0.3 is 5.97 Å². The van der Waals surface area contributed by atoms with Gasteiger partial charge in [0, 0.05) is 10.0 Å². The molecule has 0 unspecified atom stereocenters. The zero-order chi connectivity index (χ0) is 21.8. The Bertz CT molecular complexity index is 1160. The summed E-state index contributed by atoms with van der Waals surface area (Å²) in [4.78, 5) is 12.3. The molecule has 1 heterocycles. The number of carbonyl (C=O) groups excluding carboxylic acids is 1. The van der Waals surface area contributed by atoms with Crippen LogP contribution in [0.5, 0.6) is 11.5 Å². The fourth-order valence-corrected chi connectivity index (χ4v) is 3.43. The molecular weight excluding hydrogens is 456 g/mol. The zero-order valence-electron chi connectivity index (χ0n) is 17.2. The number of ether oxygens (including phenoxy) is 3. The van der Waals surface area contributed by atoms with Crippen molar-refractivity contribution < 1.29 is 19.0 Å². The summed E-state index contributed by atoms with van der Waals surface area (Å²) < 4.78 is 17.9. The van der Waals surface area contributed by atoms with Crippen LogP contribution in [0.3, 0.4) is 0 Å².